The summed E-state index contributed by atoms with van der Waals surface area (Å²) in [5.74, 6) is -1.25. The van der Waals surface area contributed by atoms with Crippen LogP contribution in [0.3, 0.4) is 0 Å². The quantitative estimate of drug-likeness (QED) is 0.0195. The van der Waals surface area contributed by atoms with E-state index in [1.165, 1.54) is 64.2 Å². The normalized spacial score (nSPS) is 19.3. The van der Waals surface area contributed by atoms with Crippen molar-refractivity contribution in [1.29, 1.82) is 0 Å². The zero-order valence-corrected chi connectivity index (χ0v) is 54.1. The molecule has 86 heavy (non-hydrogen) atoms. The summed E-state index contributed by atoms with van der Waals surface area (Å²) in [6.45, 7) is 5.53. The average molecular weight is 1200 g/mol. The number of ether oxygens (including phenoxy) is 3. The summed E-state index contributed by atoms with van der Waals surface area (Å²) < 4.78 is 17.6. The van der Waals surface area contributed by atoms with Crippen molar-refractivity contribution in [2.75, 3.05) is 13.2 Å². The zero-order valence-electron chi connectivity index (χ0n) is 54.1. The summed E-state index contributed by atoms with van der Waals surface area (Å²) in [5, 5.41) is 57.1. The number of hydrogen-bond acceptors (Lipinski definition) is 10. The van der Waals surface area contributed by atoms with Gasteiger partial charge in [0.05, 0.1) is 25.4 Å². The lowest BCUT2D eigenvalue weighted by atomic mass is 9.99. The Morgan fingerprint density at radius 2 is 0.837 bits per heavy atom. The first-order chi connectivity index (χ1) is 42.2. The van der Waals surface area contributed by atoms with Crippen LogP contribution in [0.4, 0.5) is 0 Å². The van der Waals surface area contributed by atoms with Crippen LogP contribution in [0.15, 0.2) is 146 Å². The molecule has 6 N–H and O–H groups in total. The largest absolute Gasteiger partial charge is 0.454 e. The number of rotatable bonds is 56. The molecule has 0 spiro atoms. The number of unbranched alkanes of at least 4 members (excludes halogenated alkanes) is 20. The fraction of sp³-hybridized carbons (Fsp3) is 0.653. The van der Waals surface area contributed by atoms with Gasteiger partial charge in [0.15, 0.2) is 12.4 Å². The molecule has 0 saturated carbocycles. The van der Waals surface area contributed by atoms with Gasteiger partial charge >= 0.3 is 5.97 Å². The lowest BCUT2D eigenvalue weighted by molar-refractivity contribution is -0.305. The maximum Gasteiger partial charge on any atom is 0.306 e. The van der Waals surface area contributed by atoms with Gasteiger partial charge in [0.1, 0.15) is 24.4 Å². The molecule has 1 rings (SSSR count). The van der Waals surface area contributed by atoms with Crippen molar-refractivity contribution in [3.63, 3.8) is 0 Å². The van der Waals surface area contributed by atoms with Crippen LogP contribution in [-0.2, 0) is 23.8 Å². The highest BCUT2D eigenvalue weighted by molar-refractivity contribution is 5.80. The first kappa shape index (κ1) is 79.6. The number of carbonyl (C=O) groups is 2. The van der Waals surface area contributed by atoms with Gasteiger partial charge in [-0.15, -0.1) is 0 Å². The Kier molecular flexibility index (Phi) is 56.2. The SMILES string of the molecule is CC/C=C\C/C=C\C/C=C\C/C=C\C/C=C\C/C=C\CCCCCCCCCCC(=O)OC1C(OCC(NC(=O)C(O)CCCC/C=C\C/C=C\C/C=C\C/C=C\C/C=C\CC)C(O)/C=C/CCCCCCCCCCCC)OC(CO)C(O)C1O. The Bertz CT molecular complexity index is 1960. The number of aliphatic hydroxyl groups excluding tert-OH is 5. The van der Waals surface area contributed by atoms with Gasteiger partial charge in [-0.3, -0.25) is 9.59 Å². The van der Waals surface area contributed by atoms with Crippen LogP contribution in [0.5, 0.6) is 0 Å². The van der Waals surface area contributed by atoms with Crippen LogP contribution < -0.4 is 5.32 Å². The fourth-order valence-corrected chi connectivity index (χ4v) is 9.68. The van der Waals surface area contributed by atoms with Crippen LogP contribution in [0.2, 0.25) is 0 Å². The molecule has 1 aliphatic heterocycles. The monoisotopic (exact) mass is 1200 g/mol. The lowest BCUT2D eigenvalue weighted by Crippen LogP contribution is -2.61. The Morgan fingerprint density at radius 3 is 1.26 bits per heavy atom. The van der Waals surface area contributed by atoms with E-state index >= 15 is 0 Å². The molecular formula is C75H123NO10. The Balaban J connectivity index is 2.62. The van der Waals surface area contributed by atoms with Gasteiger partial charge in [-0.05, 0) is 122 Å². The van der Waals surface area contributed by atoms with Crippen molar-refractivity contribution < 1.29 is 49.3 Å². The van der Waals surface area contributed by atoms with E-state index in [2.05, 4.69) is 160 Å². The predicted molar refractivity (Wildman–Crippen MR) is 360 cm³/mol. The van der Waals surface area contributed by atoms with Crippen molar-refractivity contribution in [2.45, 2.75) is 301 Å². The molecule has 0 bridgehead atoms. The summed E-state index contributed by atoms with van der Waals surface area (Å²) in [7, 11) is 0. The van der Waals surface area contributed by atoms with Gasteiger partial charge in [0.2, 0.25) is 5.91 Å². The zero-order chi connectivity index (χ0) is 62.4. The Labute approximate surface area is 524 Å². The molecule has 0 radical (unpaired) electrons. The van der Waals surface area contributed by atoms with E-state index in [1.807, 2.05) is 6.08 Å². The number of allylic oxidation sites excluding steroid dienone is 23. The number of amides is 1. The second-order valence-corrected chi connectivity index (χ2v) is 22.8. The summed E-state index contributed by atoms with van der Waals surface area (Å²) in [5.41, 5.74) is 0. The van der Waals surface area contributed by atoms with E-state index in [0.29, 0.717) is 12.8 Å². The second kappa shape index (κ2) is 60.8. The number of esters is 1. The molecule has 11 heteroatoms. The first-order valence-electron chi connectivity index (χ1n) is 34.1. The van der Waals surface area contributed by atoms with Gasteiger partial charge in [0, 0.05) is 6.42 Å². The van der Waals surface area contributed by atoms with Crippen molar-refractivity contribution in [1.82, 2.24) is 5.32 Å². The lowest BCUT2D eigenvalue weighted by Gasteiger charge is -2.41. The molecule has 1 amide bonds. The predicted octanol–water partition coefficient (Wildman–Crippen LogP) is 17.3. The molecule has 11 nitrogen and oxygen atoms in total. The van der Waals surface area contributed by atoms with E-state index in [4.69, 9.17) is 14.2 Å². The Hall–Kier alpha value is -4.46. The van der Waals surface area contributed by atoms with Crippen LogP contribution >= 0.6 is 0 Å². The van der Waals surface area contributed by atoms with E-state index in [-0.39, 0.29) is 19.4 Å². The van der Waals surface area contributed by atoms with Crippen molar-refractivity contribution in [3.05, 3.63) is 146 Å². The fourth-order valence-electron chi connectivity index (χ4n) is 9.68. The molecule has 8 unspecified atom stereocenters. The van der Waals surface area contributed by atoms with Gasteiger partial charge in [-0.2, -0.15) is 0 Å². The minimum absolute atomic E-state index is 0.100. The number of carbonyl (C=O) groups excluding carboxylic acids is 2. The molecule has 0 aromatic heterocycles. The number of aliphatic hydroxyl groups is 5. The highest BCUT2D eigenvalue weighted by Gasteiger charge is 2.47. The number of hydrogen-bond donors (Lipinski definition) is 6. The van der Waals surface area contributed by atoms with Crippen molar-refractivity contribution >= 4 is 11.9 Å². The smallest absolute Gasteiger partial charge is 0.306 e. The molecule has 0 aromatic rings. The molecule has 8 atom stereocenters. The molecule has 1 aliphatic rings. The third-order valence-corrected chi connectivity index (χ3v) is 15.0. The van der Waals surface area contributed by atoms with Crippen LogP contribution in [0.1, 0.15) is 252 Å². The molecule has 1 saturated heterocycles. The molecule has 0 aromatic carbocycles. The molecule has 0 aliphatic carbocycles. The van der Waals surface area contributed by atoms with Crippen LogP contribution in [0.25, 0.3) is 0 Å². The molecule has 488 valence electrons. The van der Waals surface area contributed by atoms with Crippen molar-refractivity contribution in [2.24, 2.45) is 0 Å². The minimum Gasteiger partial charge on any atom is -0.454 e. The third kappa shape index (κ3) is 47.6. The molecule has 1 fully saturated rings. The minimum atomic E-state index is -1.63. The Morgan fingerprint density at radius 1 is 0.465 bits per heavy atom. The first-order valence-corrected chi connectivity index (χ1v) is 34.1. The summed E-state index contributed by atoms with van der Waals surface area (Å²) in [6.07, 6.45) is 77.4. The summed E-state index contributed by atoms with van der Waals surface area (Å²) in [6, 6.07) is -1.05. The highest BCUT2D eigenvalue weighted by atomic mass is 16.7. The third-order valence-electron chi connectivity index (χ3n) is 15.0. The maximum atomic E-state index is 13.4. The van der Waals surface area contributed by atoms with E-state index in [0.717, 1.165) is 141 Å². The van der Waals surface area contributed by atoms with Gasteiger partial charge in [-0.1, -0.05) is 269 Å². The van der Waals surface area contributed by atoms with Crippen LogP contribution in [-0.4, -0.2) is 99.6 Å². The summed E-state index contributed by atoms with van der Waals surface area (Å²) >= 11 is 0. The topological polar surface area (TPSA) is 175 Å². The number of nitrogens with one attached hydrogen (secondary N) is 1. The van der Waals surface area contributed by atoms with Gasteiger partial charge in [0.25, 0.3) is 0 Å². The molecule has 1 heterocycles. The van der Waals surface area contributed by atoms with Crippen molar-refractivity contribution in [3.8, 4) is 0 Å². The van der Waals surface area contributed by atoms with Gasteiger partial charge in [-0.25, -0.2) is 0 Å². The second-order valence-electron chi connectivity index (χ2n) is 22.8. The van der Waals surface area contributed by atoms with E-state index in [9.17, 15) is 35.1 Å². The maximum absolute atomic E-state index is 13.4. The standard InChI is InChI=1S/C75H123NO10/c1-4-7-10-13-16-19-22-25-27-29-31-32-33-34-35-36-37-38-39-41-43-45-48-51-54-57-60-63-70(80)86-73-72(82)71(81)69(64-77)85-75(73)84-65-66(67(78)61-58-55-52-49-46-24-21-18-15-12-9-6-3)76-74(83)68(79)62-59-56-53-50-47-44-42-40-30-28-26-23-20-17-14-11-8-5-2/h7-8,10-11,16-17,19-20,25-28,31-32,34-35,37-38,40,42,47,50,58,61,66-69,71-73,75,77-79,81-82H,4-6,9,12-15,18,21-24,29-30,33,36,39,41,43-46,48-49,51-57,59-60,62-65H2,1-3H3,(H,76,83)/b10-7-,11-8-,19-16-,20-17-,27-25-,28-26-,32-31-,35-34-,38-37-,42-40-,50-47-,61-58+. The average Bonchev–Trinajstić information content (AvgIpc) is 2.65. The van der Waals surface area contributed by atoms with Crippen LogP contribution in [0, 0.1) is 0 Å². The summed E-state index contributed by atoms with van der Waals surface area (Å²) in [4.78, 5) is 26.6. The van der Waals surface area contributed by atoms with E-state index < -0.39 is 67.4 Å². The van der Waals surface area contributed by atoms with E-state index in [1.54, 1.807) is 6.08 Å². The highest BCUT2D eigenvalue weighted by Crippen LogP contribution is 2.26. The van der Waals surface area contributed by atoms with Gasteiger partial charge < -0.3 is 45.1 Å². The molecular weight excluding hydrogens is 1070 g/mol.